The van der Waals surface area contributed by atoms with Crippen molar-refractivity contribution in [1.82, 2.24) is 4.98 Å². The standard InChI is InChI=1S/C16H13NO2/c1-2-6-13(7-3-1)10-19-16-9-5-4-8-14(16)15-11-18-12-17-15/h1-9,11-12H,10H2. The van der Waals surface area contributed by atoms with Crippen LogP contribution in [-0.2, 0) is 6.61 Å². The summed E-state index contributed by atoms with van der Waals surface area (Å²) in [5.74, 6) is 0.806. The Hall–Kier alpha value is -2.55. The smallest absolute Gasteiger partial charge is 0.181 e. The SMILES string of the molecule is c1ccc(COc2ccccc2-c2cocn2)cc1. The minimum atomic E-state index is 0.537. The summed E-state index contributed by atoms with van der Waals surface area (Å²) in [5, 5.41) is 0. The molecule has 3 aromatic rings. The molecule has 19 heavy (non-hydrogen) atoms. The molecule has 94 valence electrons. The number of para-hydroxylation sites is 1. The number of benzene rings is 2. The zero-order chi connectivity index (χ0) is 12.9. The second-order valence-corrected chi connectivity index (χ2v) is 4.14. The predicted molar refractivity (Wildman–Crippen MR) is 72.7 cm³/mol. The minimum Gasteiger partial charge on any atom is -0.488 e. The van der Waals surface area contributed by atoms with Crippen molar-refractivity contribution in [2.24, 2.45) is 0 Å². The maximum Gasteiger partial charge on any atom is 0.181 e. The van der Waals surface area contributed by atoms with Gasteiger partial charge in [0, 0.05) is 5.56 Å². The van der Waals surface area contributed by atoms with Crippen LogP contribution >= 0.6 is 0 Å². The molecule has 3 heteroatoms. The molecule has 0 radical (unpaired) electrons. The average Bonchev–Trinajstić information content (AvgIpc) is 3.01. The lowest BCUT2D eigenvalue weighted by Crippen LogP contribution is -1.96. The summed E-state index contributed by atoms with van der Waals surface area (Å²) >= 11 is 0. The fourth-order valence-electron chi connectivity index (χ4n) is 1.88. The van der Waals surface area contributed by atoms with Crippen LogP contribution in [0.5, 0.6) is 5.75 Å². The maximum absolute atomic E-state index is 5.87. The van der Waals surface area contributed by atoms with Gasteiger partial charge in [-0.2, -0.15) is 0 Å². The zero-order valence-corrected chi connectivity index (χ0v) is 10.3. The number of ether oxygens (including phenoxy) is 1. The van der Waals surface area contributed by atoms with Gasteiger partial charge in [-0.05, 0) is 17.7 Å². The van der Waals surface area contributed by atoms with Gasteiger partial charge in [-0.25, -0.2) is 4.98 Å². The maximum atomic E-state index is 5.87. The largest absolute Gasteiger partial charge is 0.488 e. The van der Waals surface area contributed by atoms with Gasteiger partial charge in [-0.15, -0.1) is 0 Å². The molecular formula is C16H13NO2. The number of hydrogen-bond donors (Lipinski definition) is 0. The topological polar surface area (TPSA) is 35.3 Å². The third kappa shape index (κ3) is 2.65. The summed E-state index contributed by atoms with van der Waals surface area (Å²) in [6.45, 7) is 0.537. The predicted octanol–water partition coefficient (Wildman–Crippen LogP) is 3.92. The molecule has 0 saturated carbocycles. The Morgan fingerprint density at radius 1 is 0.947 bits per heavy atom. The molecule has 0 spiro atoms. The van der Waals surface area contributed by atoms with E-state index in [9.17, 15) is 0 Å². The van der Waals surface area contributed by atoms with E-state index in [1.165, 1.54) is 6.39 Å². The van der Waals surface area contributed by atoms with Gasteiger partial charge in [-0.3, -0.25) is 0 Å². The summed E-state index contributed by atoms with van der Waals surface area (Å²) in [5.41, 5.74) is 2.85. The summed E-state index contributed by atoms with van der Waals surface area (Å²) in [4.78, 5) is 4.16. The lowest BCUT2D eigenvalue weighted by atomic mass is 10.1. The van der Waals surface area contributed by atoms with Crippen molar-refractivity contribution in [3.63, 3.8) is 0 Å². The van der Waals surface area contributed by atoms with Gasteiger partial charge in [0.1, 0.15) is 24.3 Å². The van der Waals surface area contributed by atoms with E-state index in [1.54, 1.807) is 6.26 Å². The summed E-state index contributed by atoms with van der Waals surface area (Å²) < 4.78 is 10.9. The van der Waals surface area contributed by atoms with Crippen LogP contribution in [0.1, 0.15) is 5.56 Å². The van der Waals surface area contributed by atoms with E-state index in [1.807, 2.05) is 54.6 Å². The Labute approximate surface area is 111 Å². The highest BCUT2D eigenvalue weighted by molar-refractivity contribution is 5.65. The molecular weight excluding hydrogens is 238 g/mol. The van der Waals surface area contributed by atoms with Crippen LogP contribution in [0.4, 0.5) is 0 Å². The third-order valence-corrected chi connectivity index (χ3v) is 2.83. The first-order valence-electron chi connectivity index (χ1n) is 6.08. The summed E-state index contributed by atoms with van der Waals surface area (Å²) in [7, 11) is 0. The van der Waals surface area contributed by atoms with Gasteiger partial charge in [0.15, 0.2) is 6.39 Å². The fraction of sp³-hybridized carbons (Fsp3) is 0.0625. The first-order chi connectivity index (χ1) is 9.43. The molecule has 0 aliphatic heterocycles. The van der Waals surface area contributed by atoms with Crippen molar-refractivity contribution in [3.8, 4) is 17.0 Å². The molecule has 0 aliphatic rings. The summed E-state index contributed by atoms with van der Waals surface area (Å²) in [6.07, 6.45) is 3.04. The second-order valence-electron chi connectivity index (χ2n) is 4.14. The van der Waals surface area contributed by atoms with Gasteiger partial charge in [0.05, 0.1) is 0 Å². The molecule has 0 fully saturated rings. The lowest BCUT2D eigenvalue weighted by molar-refractivity contribution is 0.307. The van der Waals surface area contributed by atoms with E-state index < -0.39 is 0 Å². The molecule has 0 N–H and O–H groups in total. The molecule has 2 aromatic carbocycles. The Bertz CT molecular complexity index is 633. The molecule has 0 atom stereocenters. The summed E-state index contributed by atoms with van der Waals surface area (Å²) in [6, 6.07) is 17.9. The van der Waals surface area contributed by atoms with Crippen molar-refractivity contribution >= 4 is 0 Å². The van der Waals surface area contributed by atoms with E-state index in [0.717, 1.165) is 22.6 Å². The van der Waals surface area contributed by atoms with E-state index in [-0.39, 0.29) is 0 Å². The first-order valence-corrected chi connectivity index (χ1v) is 6.08. The van der Waals surface area contributed by atoms with Crippen molar-refractivity contribution in [3.05, 3.63) is 72.8 Å². The number of oxazole rings is 1. The van der Waals surface area contributed by atoms with Crippen LogP contribution < -0.4 is 4.74 Å². The minimum absolute atomic E-state index is 0.537. The highest BCUT2D eigenvalue weighted by Crippen LogP contribution is 2.28. The van der Waals surface area contributed by atoms with Gasteiger partial charge in [-0.1, -0.05) is 42.5 Å². The molecule has 3 rings (SSSR count). The number of aromatic nitrogens is 1. The van der Waals surface area contributed by atoms with E-state index in [0.29, 0.717) is 6.61 Å². The monoisotopic (exact) mass is 251 g/mol. The van der Waals surface area contributed by atoms with E-state index in [4.69, 9.17) is 9.15 Å². The first kappa shape index (κ1) is 11.5. The molecule has 0 saturated heterocycles. The molecule has 0 bridgehead atoms. The molecule has 1 aromatic heterocycles. The number of nitrogens with zero attached hydrogens (tertiary/aromatic N) is 1. The van der Waals surface area contributed by atoms with Crippen LogP contribution in [0.3, 0.4) is 0 Å². The molecule has 0 unspecified atom stereocenters. The van der Waals surface area contributed by atoms with Gasteiger partial charge < -0.3 is 9.15 Å². The highest BCUT2D eigenvalue weighted by Gasteiger charge is 2.08. The Morgan fingerprint density at radius 2 is 1.74 bits per heavy atom. The Kier molecular flexibility index (Phi) is 3.28. The Balaban J connectivity index is 1.82. The van der Waals surface area contributed by atoms with Crippen LogP contribution in [0.25, 0.3) is 11.3 Å². The lowest BCUT2D eigenvalue weighted by Gasteiger charge is -2.09. The van der Waals surface area contributed by atoms with Gasteiger partial charge >= 0.3 is 0 Å². The quantitative estimate of drug-likeness (QED) is 0.705. The molecule has 1 heterocycles. The van der Waals surface area contributed by atoms with Gasteiger partial charge in [0.2, 0.25) is 0 Å². The average molecular weight is 251 g/mol. The normalized spacial score (nSPS) is 10.3. The van der Waals surface area contributed by atoms with Crippen LogP contribution in [-0.4, -0.2) is 4.98 Å². The number of rotatable bonds is 4. The molecule has 0 aliphatic carbocycles. The van der Waals surface area contributed by atoms with E-state index >= 15 is 0 Å². The molecule has 0 amide bonds. The van der Waals surface area contributed by atoms with Crippen molar-refractivity contribution in [2.75, 3.05) is 0 Å². The van der Waals surface area contributed by atoms with Gasteiger partial charge in [0.25, 0.3) is 0 Å². The molecule has 3 nitrogen and oxygen atoms in total. The zero-order valence-electron chi connectivity index (χ0n) is 10.3. The Morgan fingerprint density at radius 3 is 2.53 bits per heavy atom. The third-order valence-electron chi connectivity index (χ3n) is 2.83. The van der Waals surface area contributed by atoms with Crippen molar-refractivity contribution in [2.45, 2.75) is 6.61 Å². The fourth-order valence-corrected chi connectivity index (χ4v) is 1.88. The number of hydrogen-bond acceptors (Lipinski definition) is 3. The van der Waals surface area contributed by atoms with Crippen LogP contribution in [0, 0.1) is 0 Å². The second kappa shape index (κ2) is 5.40. The van der Waals surface area contributed by atoms with Crippen molar-refractivity contribution in [1.29, 1.82) is 0 Å². The van der Waals surface area contributed by atoms with Crippen LogP contribution in [0.2, 0.25) is 0 Å². The van der Waals surface area contributed by atoms with Crippen LogP contribution in [0.15, 0.2) is 71.7 Å². The highest BCUT2D eigenvalue weighted by atomic mass is 16.5. The van der Waals surface area contributed by atoms with E-state index in [2.05, 4.69) is 4.98 Å². The van der Waals surface area contributed by atoms with Crippen molar-refractivity contribution < 1.29 is 9.15 Å².